The van der Waals surface area contributed by atoms with E-state index in [9.17, 15) is 0 Å². The molecule has 0 fully saturated rings. The van der Waals surface area contributed by atoms with E-state index in [0.717, 1.165) is 19.5 Å². The maximum Gasteiger partial charge on any atom is 0.0684 e. The van der Waals surface area contributed by atoms with Crippen LogP contribution in [0.15, 0.2) is 0 Å². The summed E-state index contributed by atoms with van der Waals surface area (Å²) in [4.78, 5) is 0. The van der Waals surface area contributed by atoms with E-state index < -0.39 is 0 Å². The summed E-state index contributed by atoms with van der Waals surface area (Å²) < 4.78 is 0. The van der Waals surface area contributed by atoms with Crippen molar-refractivity contribution in [2.75, 3.05) is 13.1 Å². The summed E-state index contributed by atoms with van der Waals surface area (Å²) in [5.41, 5.74) is -0.165. The molecular weight excluding hydrogens is 148 g/mol. The Morgan fingerprint density at radius 3 is 2.17 bits per heavy atom. The molecule has 0 bridgehead atoms. The lowest BCUT2D eigenvalue weighted by Gasteiger charge is -2.14. The minimum Gasteiger partial charge on any atom is -0.317 e. The van der Waals surface area contributed by atoms with E-state index in [0.29, 0.717) is 0 Å². The Bertz CT molecular complexity index is 122. The molecule has 0 aromatic rings. The Balaban J connectivity index is 0. The van der Waals surface area contributed by atoms with Gasteiger partial charge >= 0.3 is 0 Å². The summed E-state index contributed by atoms with van der Waals surface area (Å²) in [6.07, 6.45) is 0.928. The van der Waals surface area contributed by atoms with Crippen molar-refractivity contribution in [3.8, 4) is 6.07 Å². The Morgan fingerprint density at radius 1 is 1.33 bits per heavy atom. The van der Waals surface area contributed by atoms with Gasteiger partial charge < -0.3 is 5.32 Å². The maximum atomic E-state index is 8.62. The molecule has 12 heavy (non-hydrogen) atoms. The van der Waals surface area contributed by atoms with Crippen LogP contribution in [0.25, 0.3) is 0 Å². The van der Waals surface area contributed by atoms with Crippen LogP contribution in [0.2, 0.25) is 0 Å². The van der Waals surface area contributed by atoms with Gasteiger partial charge in [-0.15, -0.1) is 0 Å². The molecule has 0 spiro atoms. The molecular formula is C10H22N2. The molecule has 0 aromatic heterocycles. The molecule has 0 saturated carbocycles. The number of nitrogens with one attached hydrogen (secondary N) is 1. The number of rotatable bonds is 4. The predicted molar refractivity (Wildman–Crippen MR) is 53.9 cm³/mol. The van der Waals surface area contributed by atoms with Crippen LogP contribution in [-0.2, 0) is 0 Å². The smallest absolute Gasteiger partial charge is 0.0684 e. The van der Waals surface area contributed by atoms with Gasteiger partial charge in [0.25, 0.3) is 0 Å². The molecule has 0 aliphatic carbocycles. The summed E-state index contributed by atoms with van der Waals surface area (Å²) in [6, 6.07) is 2.26. The Hall–Kier alpha value is -0.550. The molecule has 2 nitrogen and oxygen atoms in total. The number of nitrogens with zero attached hydrogens (tertiary/aromatic N) is 1. The highest BCUT2D eigenvalue weighted by molar-refractivity contribution is 4.91. The third kappa shape index (κ3) is 9.45. The first-order valence-corrected chi connectivity index (χ1v) is 4.74. The van der Waals surface area contributed by atoms with E-state index in [-0.39, 0.29) is 5.41 Å². The van der Waals surface area contributed by atoms with Crippen molar-refractivity contribution in [1.82, 2.24) is 5.32 Å². The normalized spacial score (nSPS) is 9.67. The molecule has 0 rings (SSSR count). The first-order chi connectivity index (χ1) is 5.62. The van der Waals surface area contributed by atoms with Crippen LogP contribution in [0.5, 0.6) is 0 Å². The quantitative estimate of drug-likeness (QED) is 0.658. The van der Waals surface area contributed by atoms with Crippen LogP contribution < -0.4 is 5.32 Å². The van der Waals surface area contributed by atoms with Crippen LogP contribution in [0.4, 0.5) is 0 Å². The van der Waals surface area contributed by atoms with E-state index in [2.05, 4.69) is 18.3 Å². The predicted octanol–water partition coefficient (Wildman–Crippen LogP) is 2.56. The summed E-state index contributed by atoms with van der Waals surface area (Å²) in [6.45, 7) is 11.9. The number of nitriles is 1. The molecule has 0 aromatic carbocycles. The van der Waals surface area contributed by atoms with E-state index in [1.54, 1.807) is 0 Å². The van der Waals surface area contributed by atoms with Gasteiger partial charge in [0.1, 0.15) is 0 Å². The fraction of sp³-hybridized carbons (Fsp3) is 0.900. The van der Waals surface area contributed by atoms with Crippen molar-refractivity contribution in [2.45, 2.75) is 41.0 Å². The van der Waals surface area contributed by atoms with Gasteiger partial charge in [-0.2, -0.15) is 5.26 Å². The number of hydrogen-bond donors (Lipinski definition) is 1. The molecule has 0 radical (unpaired) electrons. The van der Waals surface area contributed by atoms with Gasteiger partial charge in [-0.1, -0.05) is 20.8 Å². The van der Waals surface area contributed by atoms with Crippen molar-refractivity contribution in [1.29, 1.82) is 5.26 Å². The summed E-state index contributed by atoms with van der Waals surface area (Å²) in [7, 11) is 0. The van der Waals surface area contributed by atoms with Crippen molar-refractivity contribution in [3.63, 3.8) is 0 Å². The topological polar surface area (TPSA) is 35.8 Å². The first-order valence-electron chi connectivity index (χ1n) is 4.74. The average Bonchev–Trinajstić information content (AvgIpc) is 2.09. The molecule has 0 aliphatic heterocycles. The zero-order chi connectivity index (χ0) is 10.0. The SMILES string of the molecule is CC.CCNCCC(C)(C)C#N. The van der Waals surface area contributed by atoms with Crippen LogP contribution in [0.1, 0.15) is 41.0 Å². The molecule has 0 amide bonds. The molecule has 0 unspecified atom stereocenters. The lowest BCUT2D eigenvalue weighted by Crippen LogP contribution is -2.20. The summed E-state index contributed by atoms with van der Waals surface area (Å²) in [5.74, 6) is 0. The molecule has 0 heterocycles. The van der Waals surface area contributed by atoms with Crippen LogP contribution in [-0.4, -0.2) is 13.1 Å². The Labute approximate surface area is 77.0 Å². The first kappa shape index (κ1) is 14.0. The van der Waals surface area contributed by atoms with Gasteiger partial charge in [-0.25, -0.2) is 0 Å². The second-order valence-electron chi connectivity index (χ2n) is 3.10. The second-order valence-corrected chi connectivity index (χ2v) is 3.10. The second kappa shape index (κ2) is 8.55. The Kier molecular flexibility index (Phi) is 9.97. The molecule has 0 saturated heterocycles. The van der Waals surface area contributed by atoms with Crippen molar-refractivity contribution < 1.29 is 0 Å². The minimum absolute atomic E-state index is 0.165. The maximum absolute atomic E-state index is 8.62. The fourth-order valence-electron chi connectivity index (χ4n) is 0.634. The van der Waals surface area contributed by atoms with Gasteiger partial charge in [0, 0.05) is 0 Å². The van der Waals surface area contributed by atoms with E-state index in [1.165, 1.54) is 0 Å². The van der Waals surface area contributed by atoms with Crippen LogP contribution >= 0.6 is 0 Å². The molecule has 0 aliphatic rings. The van der Waals surface area contributed by atoms with Gasteiger partial charge in [0.05, 0.1) is 11.5 Å². The summed E-state index contributed by atoms with van der Waals surface area (Å²) in [5, 5.41) is 11.8. The zero-order valence-corrected chi connectivity index (χ0v) is 9.07. The van der Waals surface area contributed by atoms with Gasteiger partial charge in [-0.05, 0) is 33.4 Å². The molecule has 2 heteroatoms. The largest absolute Gasteiger partial charge is 0.317 e. The fourth-order valence-corrected chi connectivity index (χ4v) is 0.634. The standard InChI is InChI=1S/C8H16N2.C2H6/c1-4-10-6-5-8(2,3)7-9;1-2/h10H,4-6H2,1-3H3;1-2H3. The highest BCUT2D eigenvalue weighted by Crippen LogP contribution is 2.16. The van der Waals surface area contributed by atoms with Crippen LogP contribution in [0.3, 0.4) is 0 Å². The average molecular weight is 170 g/mol. The Morgan fingerprint density at radius 2 is 1.83 bits per heavy atom. The summed E-state index contributed by atoms with van der Waals surface area (Å²) >= 11 is 0. The molecule has 72 valence electrons. The van der Waals surface area contributed by atoms with Crippen molar-refractivity contribution in [3.05, 3.63) is 0 Å². The zero-order valence-electron chi connectivity index (χ0n) is 9.07. The van der Waals surface area contributed by atoms with Gasteiger partial charge in [-0.3, -0.25) is 0 Å². The van der Waals surface area contributed by atoms with Crippen LogP contribution in [0, 0.1) is 16.7 Å². The highest BCUT2D eigenvalue weighted by Gasteiger charge is 2.14. The van der Waals surface area contributed by atoms with Crippen molar-refractivity contribution in [2.24, 2.45) is 5.41 Å². The third-order valence-electron chi connectivity index (χ3n) is 1.48. The van der Waals surface area contributed by atoms with Gasteiger partial charge in [0.2, 0.25) is 0 Å². The van der Waals surface area contributed by atoms with E-state index in [4.69, 9.17) is 5.26 Å². The highest BCUT2D eigenvalue weighted by atomic mass is 14.8. The van der Waals surface area contributed by atoms with E-state index in [1.807, 2.05) is 27.7 Å². The number of hydrogen-bond acceptors (Lipinski definition) is 2. The molecule has 0 atom stereocenters. The van der Waals surface area contributed by atoms with Crippen molar-refractivity contribution >= 4 is 0 Å². The lowest BCUT2D eigenvalue weighted by molar-refractivity contribution is 0.436. The third-order valence-corrected chi connectivity index (χ3v) is 1.48. The minimum atomic E-state index is -0.165. The van der Waals surface area contributed by atoms with Gasteiger partial charge in [0.15, 0.2) is 0 Å². The molecule has 1 N–H and O–H groups in total. The lowest BCUT2D eigenvalue weighted by atomic mass is 9.92. The monoisotopic (exact) mass is 170 g/mol. The van der Waals surface area contributed by atoms with E-state index >= 15 is 0 Å².